The second-order valence-electron chi connectivity index (χ2n) is 5.70. The third kappa shape index (κ3) is 5.31. The minimum absolute atomic E-state index is 0.00679. The lowest BCUT2D eigenvalue weighted by molar-refractivity contribution is 0.0958. The molecule has 1 amide bonds. The molecule has 3 rings (SSSR count). The fraction of sp³-hybridized carbons (Fsp3) is 0.278. The third-order valence-corrected chi connectivity index (χ3v) is 5.41. The van der Waals surface area contributed by atoms with E-state index in [-0.39, 0.29) is 12.5 Å². The molecule has 0 saturated heterocycles. The molecular formula is C18H19N7OS2. The third-order valence-electron chi connectivity index (χ3n) is 3.76. The van der Waals surface area contributed by atoms with Crippen molar-refractivity contribution in [2.24, 2.45) is 0 Å². The number of thiazole rings is 1. The number of hydrogen-bond donors (Lipinski definition) is 3. The molecule has 0 spiro atoms. The van der Waals surface area contributed by atoms with Crippen molar-refractivity contribution in [3.8, 4) is 6.07 Å². The number of benzene rings is 1. The number of carbonyl (C=O) groups is 1. The van der Waals surface area contributed by atoms with Crippen LogP contribution in [0.3, 0.4) is 0 Å². The highest BCUT2D eigenvalue weighted by atomic mass is 32.2. The monoisotopic (exact) mass is 413 g/mol. The Morgan fingerprint density at radius 1 is 1.25 bits per heavy atom. The molecule has 0 saturated carbocycles. The lowest BCUT2D eigenvalue weighted by atomic mass is 10.2. The van der Waals surface area contributed by atoms with Gasteiger partial charge in [-0.25, -0.2) is 15.0 Å². The van der Waals surface area contributed by atoms with Gasteiger partial charge in [-0.1, -0.05) is 11.3 Å². The molecule has 0 bridgehead atoms. The zero-order valence-corrected chi connectivity index (χ0v) is 16.9. The molecule has 10 heteroatoms. The molecule has 2 aromatic heterocycles. The second kappa shape index (κ2) is 9.87. The van der Waals surface area contributed by atoms with E-state index >= 15 is 0 Å². The Kier molecular flexibility index (Phi) is 7.00. The smallest absolute Gasteiger partial charge is 0.252 e. The van der Waals surface area contributed by atoms with E-state index in [1.54, 1.807) is 36.3 Å². The van der Waals surface area contributed by atoms with Gasteiger partial charge in [0.2, 0.25) is 5.95 Å². The highest BCUT2D eigenvalue weighted by Gasteiger charge is 2.09. The number of rotatable bonds is 9. The molecule has 1 aromatic carbocycles. The topological polar surface area (TPSA) is 116 Å². The molecule has 0 atom stereocenters. The van der Waals surface area contributed by atoms with E-state index < -0.39 is 0 Å². The zero-order valence-electron chi connectivity index (χ0n) is 15.2. The van der Waals surface area contributed by atoms with Crippen molar-refractivity contribution in [2.75, 3.05) is 36.5 Å². The summed E-state index contributed by atoms with van der Waals surface area (Å²) in [4.78, 5) is 26.0. The Morgan fingerprint density at radius 2 is 2.04 bits per heavy atom. The van der Waals surface area contributed by atoms with E-state index in [2.05, 4.69) is 30.9 Å². The fourth-order valence-electron chi connectivity index (χ4n) is 2.36. The molecule has 0 fully saturated rings. The maximum atomic E-state index is 11.9. The van der Waals surface area contributed by atoms with E-state index in [0.717, 1.165) is 39.8 Å². The zero-order chi connectivity index (χ0) is 19.8. The molecule has 3 aromatic rings. The summed E-state index contributed by atoms with van der Waals surface area (Å²) < 4.78 is 0.924. The molecule has 8 nitrogen and oxygen atoms in total. The van der Waals surface area contributed by atoms with Gasteiger partial charge >= 0.3 is 0 Å². The number of hydrogen-bond acceptors (Lipinski definition) is 9. The number of aromatic nitrogens is 3. The summed E-state index contributed by atoms with van der Waals surface area (Å²) in [6.45, 7) is 1.50. The van der Waals surface area contributed by atoms with Gasteiger partial charge in [-0.2, -0.15) is 5.26 Å². The normalized spacial score (nSPS) is 10.4. The van der Waals surface area contributed by atoms with Crippen molar-refractivity contribution in [1.82, 2.24) is 20.3 Å². The number of amides is 1. The van der Waals surface area contributed by atoms with Crippen molar-refractivity contribution in [3.63, 3.8) is 0 Å². The minimum atomic E-state index is -0.259. The van der Waals surface area contributed by atoms with E-state index in [1.807, 2.05) is 18.4 Å². The van der Waals surface area contributed by atoms with Gasteiger partial charge in [0.15, 0.2) is 5.13 Å². The van der Waals surface area contributed by atoms with Gasteiger partial charge in [-0.15, -0.1) is 11.8 Å². The van der Waals surface area contributed by atoms with Crippen molar-refractivity contribution in [2.45, 2.75) is 11.3 Å². The van der Waals surface area contributed by atoms with E-state index in [0.29, 0.717) is 11.5 Å². The van der Waals surface area contributed by atoms with E-state index in [1.165, 1.54) is 11.3 Å². The van der Waals surface area contributed by atoms with Crippen LogP contribution in [0.25, 0.3) is 10.2 Å². The van der Waals surface area contributed by atoms with Crippen LogP contribution in [0.1, 0.15) is 16.8 Å². The predicted molar refractivity (Wildman–Crippen MR) is 113 cm³/mol. The highest BCUT2D eigenvalue weighted by molar-refractivity contribution is 7.98. The molecule has 144 valence electrons. The summed E-state index contributed by atoms with van der Waals surface area (Å²) in [5.41, 5.74) is 1.36. The molecule has 0 radical (unpaired) electrons. The standard InChI is InChI=1S/C18H19N7OS2/c1-27-13-10-23-17(24-11-13)21-6-2-7-22-18-25-14-4-3-12(9-15(14)28-18)16(26)20-8-5-19/h3-4,9-11H,2,6-8H2,1H3,(H,20,26)(H,22,25)(H,21,23,24). The van der Waals surface area contributed by atoms with Crippen LogP contribution in [0.4, 0.5) is 11.1 Å². The van der Waals surface area contributed by atoms with Gasteiger partial charge in [0.05, 0.1) is 16.3 Å². The first-order valence-electron chi connectivity index (χ1n) is 8.59. The van der Waals surface area contributed by atoms with Crippen LogP contribution in [0.5, 0.6) is 0 Å². The van der Waals surface area contributed by atoms with Crippen LogP contribution < -0.4 is 16.0 Å². The van der Waals surface area contributed by atoms with Gasteiger partial charge in [0.1, 0.15) is 6.54 Å². The maximum absolute atomic E-state index is 11.9. The van der Waals surface area contributed by atoms with Gasteiger partial charge in [0, 0.05) is 35.9 Å². The predicted octanol–water partition coefficient (Wildman–Crippen LogP) is 2.98. The summed E-state index contributed by atoms with van der Waals surface area (Å²) in [7, 11) is 0. The number of nitrogens with zero attached hydrogens (tertiary/aromatic N) is 4. The Hall–Kier alpha value is -2.90. The number of nitrogens with one attached hydrogen (secondary N) is 3. The number of carbonyl (C=O) groups excluding carboxylic acids is 1. The lowest BCUT2D eigenvalue weighted by Crippen LogP contribution is -2.23. The van der Waals surface area contributed by atoms with Crippen molar-refractivity contribution < 1.29 is 4.79 Å². The number of thioether (sulfide) groups is 1. The van der Waals surface area contributed by atoms with Crippen LogP contribution in [0.2, 0.25) is 0 Å². The van der Waals surface area contributed by atoms with Gasteiger partial charge in [-0.3, -0.25) is 4.79 Å². The number of fused-ring (bicyclic) bond motifs is 1. The van der Waals surface area contributed by atoms with Crippen LogP contribution in [-0.2, 0) is 0 Å². The summed E-state index contributed by atoms with van der Waals surface area (Å²) in [6.07, 6.45) is 6.47. The first kappa shape index (κ1) is 19.9. The fourth-order valence-corrected chi connectivity index (χ4v) is 3.61. The molecule has 0 aliphatic rings. The molecule has 28 heavy (non-hydrogen) atoms. The van der Waals surface area contributed by atoms with Crippen LogP contribution in [-0.4, -0.2) is 46.7 Å². The first-order chi connectivity index (χ1) is 13.7. The average molecular weight is 414 g/mol. The molecule has 2 heterocycles. The maximum Gasteiger partial charge on any atom is 0.252 e. The Bertz CT molecular complexity index is 982. The summed E-state index contributed by atoms with van der Waals surface area (Å²) >= 11 is 3.11. The largest absolute Gasteiger partial charge is 0.361 e. The van der Waals surface area contributed by atoms with Gasteiger partial charge in [-0.05, 0) is 30.9 Å². The lowest BCUT2D eigenvalue weighted by Gasteiger charge is -2.05. The quantitative estimate of drug-likeness (QED) is 0.279. The molecule has 0 aliphatic carbocycles. The average Bonchev–Trinajstić information content (AvgIpc) is 3.14. The van der Waals surface area contributed by atoms with Crippen LogP contribution in [0.15, 0.2) is 35.5 Å². The summed E-state index contributed by atoms with van der Waals surface area (Å²) in [5.74, 6) is 0.366. The molecular weight excluding hydrogens is 394 g/mol. The molecule has 0 aliphatic heterocycles. The minimum Gasteiger partial charge on any atom is -0.361 e. The van der Waals surface area contributed by atoms with E-state index in [4.69, 9.17) is 5.26 Å². The van der Waals surface area contributed by atoms with Gasteiger partial charge in [0.25, 0.3) is 5.91 Å². The van der Waals surface area contributed by atoms with Crippen LogP contribution in [0, 0.1) is 11.3 Å². The van der Waals surface area contributed by atoms with E-state index in [9.17, 15) is 4.79 Å². The SMILES string of the molecule is CSc1cnc(NCCCNc2nc3ccc(C(=O)NCC#N)cc3s2)nc1. The first-order valence-corrected chi connectivity index (χ1v) is 10.6. The van der Waals surface area contributed by atoms with Crippen LogP contribution >= 0.6 is 23.1 Å². The molecule has 3 N–H and O–H groups in total. The molecule has 0 unspecified atom stereocenters. The van der Waals surface area contributed by atoms with Crippen molar-refractivity contribution in [1.29, 1.82) is 5.26 Å². The van der Waals surface area contributed by atoms with Crippen molar-refractivity contribution >= 4 is 50.3 Å². The Morgan fingerprint density at radius 3 is 2.79 bits per heavy atom. The summed E-state index contributed by atoms with van der Waals surface area (Å²) in [6, 6.07) is 7.21. The number of anilines is 2. The summed E-state index contributed by atoms with van der Waals surface area (Å²) in [5, 5.41) is 18.4. The Labute approximate surface area is 170 Å². The van der Waals surface area contributed by atoms with Crippen molar-refractivity contribution in [3.05, 3.63) is 36.2 Å². The number of nitriles is 1. The van der Waals surface area contributed by atoms with Gasteiger partial charge < -0.3 is 16.0 Å². The second-order valence-corrected chi connectivity index (χ2v) is 7.61. The highest BCUT2D eigenvalue weighted by Crippen LogP contribution is 2.26. The Balaban J connectivity index is 1.47.